The van der Waals surface area contributed by atoms with Crippen LogP contribution in [0.4, 0.5) is 13.2 Å². The minimum Gasteiger partial charge on any atom is -0.402 e. The first-order valence-electron chi connectivity index (χ1n) is 3.46. The van der Waals surface area contributed by atoms with E-state index in [0.29, 0.717) is 5.56 Å². The predicted octanol–water partition coefficient (Wildman–Crippen LogP) is 3.00. The van der Waals surface area contributed by atoms with Crippen LogP contribution in [0.15, 0.2) is 30.3 Å². The van der Waals surface area contributed by atoms with Gasteiger partial charge in [0.1, 0.15) is 0 Å². The summed E-state index contributed by atoms with van der Waals surface area (Å²) < 4.78 is 37.7. The molecule has 0 saturated heterocycles. The fourth-order valence-electron chi connectivity index (χ4n) is 0.714. The Morgan fingerprint density at radius 3 is 2.31 bits per heavy atom. The fraction of sp³-hybridized carbons (Fsp3) is 0.111. The van der Waals surface area contributed by atoms with Gasteiger partial charge in [-0.05, 0) is 11.6 Å². The fourth-order valence-corrected chi connectivity index (χ4v) is 0.714. The molecule has 1 aromatic rings. The highest BCUT2D eigenvalue weighted by molar-refractivity contribution is 5.45. The Balaban J connectivity index is 2.51. The van der Waals surface area contributed by atoms with Gasteiger partial charge in [0, 0.05) is 0 Å². The van der Waals surface area contributed by atoms with Crippen LogP contribution in [0.5, 0.6) is 0 Å². The smallest absolute Gasteiger partial charge is 0.402 e. The van der Waals surface area contributed by atoms with E-state index < -0.39 is 6.36 Å². The van der Waals surface area contributed by atoms with Gasteiger partial charge < -0.3 is 4.74 Å². The molecule has 0 spiro atoms. The number of hydrogen-bond acceptors (Lipinski definition) is 1. The first-order valence-corrected chi connectivity index (χ1v) is 3.46. The van der Waals surface area contributed by atoms with Crippen molar-refractivity contribution in [2.24, 2.45) is 0 Å². The summed E-state index contributed by atoms with van der Waals surface area (Å²) in [6.45, 7) is 0. The van der Waals surface area contributed by atoms with E-state index in [1.54, 1.807) is 36.6 Å². The standard InChI is InChI=1S/C9H6F3O/c10-9(11,12)13-7-6-8-4-2-1-3-5-8/h1-6H. The zero-order valence-electron chi connectivity index (χ0n) is 6.51. The molecule has 69 valence electrons. The first kappa shape index (κ1) is 9.64. The highest BCUT2D eigenvalue weighted by atomic mass is 19.4. The largest absolute Gasteiger partial charge is 0.573 e. The molecular weight excluding hydrogens is 181 g/mol. The maximum absolute atomic E-state index is 11.5. The van der Waals surface area contributed by atoms with Crippen molar-refractivity contribution in [1.29, 1.82) is 0 Å². The van der Waals surface area contributed by atoms with Crippen LogP contribution in [0.2, 0.25) is 0 Å². The Labute approximate surface area is 73.4 Å². The van der Waals surface area contributed by atoms with Gasteiger partial charge in [0.25, 0.3) is 0 Å². The third kappa shape index (κ3) is 4.20. The topological polar surface area (TPSA) is 9.23 Å². The summed E-state index contributed by atoms with van der Waals surface area (Å²) in [5.41, 5.74) is 0.603. The van der Waals surface area contributed by atoms with Crippen molar-refractivity contribution in [1.82, 2.24) is 0 Å². The van der Waals surface area contributed by atoms with Gasteiger partial charge in [-0.15, -0.1) is 13.2 Å². The molecule has 0 amide bonds. The normalized spacial score (nSPS) is 11.9. The number of alkyl halides is 3. The lowest BCUT2D eigenvalue weighted by Gasteiger charge is -2.01. The second-order valence-electron chi connectivity index (χ2n) is 2.22. The summed E-state index contributed by atoms with van der Waals surface area (Å²) in [6.07, 6.45) is -1.85. The summed E-state index contributed by atoms with van der Waals surface area (Å²) >= 11 is 0. The van der Waals surface area contributed by atoms with Gasteiger partial charge in [0.05, 0.1) is 0 Å². The maximum atomic E-state index is 11.5. The van der Waals surface area contributed by atoms with Crippen molar-refractivity contribution < 1.29 is 17.9 Å². The molecule has 13 heavy (non-hydrogen) atoms. The lowest BCUT2D eigenvalue weighted by atomic mass is 10.2. The van der Waals surface area contributed by atoms with Gasteiger partial charge >= 0.3 is 6.36 Å². The molecule has 0 aliphatic heterocycles. The molecule has 1 rings (SSSR count). The van der Waals surface area contributed by atoms with Crippen LogP contribution in [-0.2, 0) is 4.74 Å². The summed E-state index contributed by atoms with van der Waals surface area (Å²) in [7, 11) is 0. The van der Waals surface area contributed by atoms with Crippen molar-refractivity contribution in [3.05, 3.63) is 42.2 Å². The second kappa shape index (κ2) is 3.98. The Hall–Kier alpha value is -1.45. The van der Waals surface area contributed by atoms with Crippen LogP contribution in [0.25, 0.3) is 6.08 Å². The van der Waals surface area contributed by atoms with Crippen molar-refractivity contribution in [2.45, 2.75) is 6.36 Å². The van der Waals surface area contributed by atoms with Gasteiger partial charge in [-0.2, -0.15) is 0 Å². The lowest BCUT2D eigenvalue weighted by Crippen LogP contribution is -2.08. The third-order valence-corrected chi connectivity index (χ3v) is 1.20. The minimum atomic E-state index is -4.66. The zero-order valence-corrected chi connectivity index (χ0v) is 6.51. The molecular formula is C9H6F3O. The SMILES string of the molecule is FC(F)(F)O/[C]=C/c1ccccc1. The predicted molar refractivity (Wildman–Crippen MR) is 41.3 cm³/mol. The molecule has 1 aromatic carbocycles. The van der Waals surface area contributed by atoms with Crippen molar-refractivity contribution in [2.75, 3.05) is 0 Å². The van der Waals surface area contributed by atoms with E-state index in [0.717, 1.165) is 6.08 Å². The molecule has 0 bridgehead atoms. The lowest BCUT2D eigenvalue weighted by molar-refractivity contribution is -0.302. The van der Waals surface area contributed by atoms with E-state index in [9.17, 15) is 13.2 Å². The molecule has 0 aromatic heterocycles. The van der Waals surface area contributed by atoms with E-state index in [1.165, 1.54) is 0 Å². The van der Waals surface area contributed by atoms with Crippen molar-refractivity contribution in [3.63, 3.8) is 0 Å². The van der Waals surface area contributed by atoms with Gasteiger partial charge in [-0.3, -0.25) is 0 Å². The second-order valence-corrected chi connectivity index (χ2v) is 2.22. The van der Waals surface area contributed by atoms with Gasteiger partial charge in [0.2, 0.25) is 0 Å². The van der Waals surface area contributed by atoms with E-state index >= 15 is 0 Å². The Morgan fingerprint density at radius 2 is 1.77 bits per heavy atom. The van der Waals surface area contributed by atoms with Crippen LogP contribution in [0.3, 0.4) is 0 Å². The number of benzene rings is 1. The Bertz CT molecular complexity index is 277. The average Bonchev–Trinajstić information content (AvgIpc) is 2.04. The van der Waals surface area contributed by atoms with E-state index in [4.69, 9.17) is 0 Å². The van der Waals surface area contributed by atoms with Crippen molar-refractivity contribution >= 4 is 6.08 Å². The van der Waals surface area contributed by atoms with Gasteiger partial charge in [0.15, 0.2) is 6.26 Å². The highest BCUT2D eigenvalue weighted by Crippen LogP contribution is 2.16. The van der Waals surface area contributed by atoms with Gasteiger partial charge in [-0.1, -0.05) is 30.3 Å². The van der Waals surface area contributed by atoms with Crippen molar-refractivity contribution in [3.8, 4) is 0 Å². The molecule has 0 aliphatic rings. The maximum Gasteiger partial charge on any atom is 0.573 e. The summed E-state index contributed by atoms with van der Waals surface area (Å²) in [4.78, 5) is 0. The molecule has 0 heterocycles. The molecule has 1 radical (unpaired) electrons. The highest BCUT2D eigenvalue weighted by Gasteiger charge is 2.29. The van der Waals surface area contributed by atoms with E-state index in [2.05, 4.69) is 4.74 Å². The molecule has 0 unspecified atom stereocenters. The molecule has 0 N–H and O–H groups in total. The monoisotopic (exact) mass is 187 g/mol. The molecule has 4 heteroatoms. The Morgan fingerprint density at radius 1 is 1.15 bits per heavy atom. The van der Waals surface area contributed by atoms with Crippen LogP contribution in [-0.4, -0.2) is 6.36 Å². The minimum absolute atomic E-state index is 0.603. The summed E-state index contributed by atoms with van der Waals surface area (Å²) in [6, 6.07) is 8.48. The van der Waals surface area contributed by atoms with Crippen LogP contribution < -0.4 is 0 Å². The number of rotatable bonds is 2. The first-order chi connectivity index (χ1) is 6.08. The molecule has 1 nitrogen and oxygen atoms in total. The zero-order chi connectivity index (χ0) is 9.73. The summed E-state index contributed by atoms with van der Waals surface area (Å²) in [5.74, 6) is 0. The van der Waals surface area contributed by atoms with E-state index in [1.807, 2.05) is 0 Å². The quantitative estimate of drug-likeness (QED) is 0.646. The van der Waals surface area contributed by atoms with Crippen LogP contribution in [0, 0.1) is 6.26 Å². The molecule has 0 atom stereocenters. The molecule has 0 aliphatic carbocycles. The van der Waals surface area contributed by atoms with Crippen LogP contribution >= 0.6 is 0 Å². The molecule has 0 saturated carbocycles. The summed E-state index contributed by atoms with van der Waals surface area (Å²) in [5, 5.41) is 0. The average molecular weight is 187 g/mol. The number of halogens is 3. The number of ether oxygens (including phenoxy) is 1. The molecule has 0 fully saturated rings. The third-order valence-electron chi connectivity index (χ3n) is 1.20. The van der Waals surface area contributed by atoms with E-state index in [-0.39, 0.29) is 0 Å². The van der Waals surface area contributed by atoms with Crippen LogP contribution in [0.1, 0.15) is 5.56 Å². The Kier molecular flexibility index (Phi) is 2.95. The van der Waals surface area contributed by atoms with Gasteiger partial charge in [-0.25, -0.2) is 0 Å². The number of hydrogen-bond donors (Lipinski definition) is 0.